The van der Waals surface area contributed by atoms with Crippen molar-refractivity contribution in [2.24, 2.45) is 11.8 Å². The summed E-state index contributed by atoms with van der Waals surface area (Å²) in [6.07, 6.45) is 4.75. The molecule has 2 aromatic heterocycles. The Morgan fingerprint density at radius 1 is 1.09 bits per heavy atom. The molecule has 1 saturated carbocycles. The number of aromatic nitrogens is 3. The quantitative estimate of drug-likeness (QED) is 0.502. The fourth-order valence-corrected chi connectivity index (χ4v) is 4.88. The molecule has 1 saturated heterocycles. The summed E-state index contributed by atoms with van der Waals surface area (Å²) < 4.78 is 7.27. The summed E-state index contributed by atoms with van der Waals surface area (Å²) in [5, 5.41) is 8.02. The number of furan rings is 1. The van der Waals surface area contributed by atoms with Crippen LogP contribution in [0.15, 0.2) is 57.9 Å². The van der Waals surface area contributed by atoms with E-state index in [1.54, 1.807) is 10.8 Å². The van der Waals surface area contributed by atoms with Gasteiger partial charge in [0.05, 0.1) is 6.26 Å². The maximum Gasteiger partial charge on any atom is 0.343 e. The zero-order chi connectivity index (χ0) is 22.5. The molecular weight excluding hydrogens is 416 g/mol. The van der Waals surface area contributed by atoms with Gasteiger partial charge in [0, 0.05) is 36.5 Å². The number of carbonyl (C=O) groups is 1. The number of benzene rings is 2. The van der Waals surface area contributed by atoms with Gasteiger partial charge in [0.25, 0.3) is 0 Å². The van der Waals surface area contributed by atoms with E-state index in [4.69, 9.17) is 4.42 Å². The van der Waals surface area contributed by atoms with Crippen molar-refractivity contribution >= 4 is 16.9 Å². The molecule has 6 rings (SSSR count). The van der Waals surface area contributed by atoms with Crippen LogP contribution >= 0.6 is 0 Å². The predicted molar refractivity (Wildman–Crippen MR) is 126 cm³/mol. The fraction of sp³-hybridized carbons (Fsp3) is 0.346. The molecule has 168 valence electrons. The Bertz CT molecular complexity index is 1390. The van der Waals surface area contributed by atoms with Crippen molar-refractivity contribution in [3.05, 3.63) is 64.8 Å². The zero-order valence-corrected chi connectivity index (χ0v) is 18.6. The Morgan fingerprint density at radius 3 is 2.64 bits per heavy atom. The molecule has 2 aliphatic rings. The Hall–Kier alpha value is -3.61. The van der Waals surface area contributed by atoms with Crippen LogP contribution in [0.25, 0.3) is 33.5 Å². The van der Waals surface area contributed by atoms with E-state index in [1.165, 1.54) is 0 Å². The van der Waals surface area contributed by atoms with E-state index in [-0.39, 0.29) is 23.4 Å². The normalized spacial score (nSPS) is 18.3. The van der Waals surface area contributed by atoms with Gasteiger partial charge in [-0.3, -0.25) is 9.36 Å². The Balaban J connectivity index is 1.22. The molecule has 0 spiro atoms. The van der Waals surface area contributed by atoms with E-state index in [9.17, 15) is 9.59 Å². The predicted octanol–water partition coefficient (Wildman–Crippen LogP) is 4.22. The van der Waals surface area contributed by atoms with Crippen molar-refractivity contribution in [3.63, 3.8) is 0 Å². The SMILES string of the molecule is Cc1coc2ccc(-c3ccc(-c4n[nH]c(=O)n4C[C@@H]4CCN(C(=O)C5CC5)C4)cc3)cc12. The second kappa shape index (κ2) is 7.76. The summed E-state index contributed by atoms with van der Waals surface area (Å²) >= 11 is 0. The second-order valence-electron chi connectivity index (χ2n) is 9.38. The van der Waals surface area contributed by atoms with Crippen molar-refractivity contribution in [2.75, 3.05) is 13.1 Å². The first-order valence-electron chi connectivity index (χ1n) is 11.6. The largest absolute Gasteiger partial charge is 0.464 e. The maximum absolute atomic E-state index is 12.5. The van der Waals surface area contributed by atoms with Gasteiger partial charge < -0.3 is 9.32 Å². The third kappa shape index (κ3) is 3.67. The third-order valence-electron chi connectivity index (χ3n) is 6.97. The fourth-order valence-electron chi connectivity index (χ4n) is 4.88. The second-order valence-corrected chi connectivity index (χ2v) is 9.38. The molecule has 0 bridgehead atoms. The van der Waals surface area contributed by atoms with Gasteiger partial charge in [0.1, 0.15) is 5.58 Å². The minimum Gasteiger partial charge on any atom is -0.464 e. The summed E-state index contributed by atoms with van der Waals surface area (Å²) in [5.41, 5.74) is 4.90. The number of aromatic amines is 1. The van der Waals surface area contributed by atoms with Crippen LogP contribution in [0.3, 0.4) is 0 Å². The number of nitrogens with zero attached hydrogens (tertiary/aromatic N) is 3. The highest BCUT2D eigenvalue weighted by atomic mass is 16.3. The van der Waals surface area contributed by atoms with Gasteiger partial charge in [-0.15, -0.1) is 0 Å². The summed E-state index contributed by atoms with van der Waals surface area (Å²) in [7, 11) is 0. The molecule has 1 amide bonds. The number of amides is 1. The first kappa shape index (κ1) is 20.0. The molecule has 0 unspecified atom stereocenters. The van der Waals surface area contributed by atoms with E-state index in [0.29, 0.717) is 12.4 Å². The minimum absolute atomic E-state index is 0.207. The highest BCUT2D eigenvalue weighted by molar-refractivity contribution is 5.86. The molecule has 1 atom stereocenters. The molecule has 3 heterocycles. The van der Waals surface area contributed by atoms with Gasteiger partial charge >= 0.3 is 5.69 Å². The van der Waals surface area contributed by atoms with E-state index >= 15 is 0 Å². The lowest BCUT2D eigenvalue weighted by atomic mass is 10.0. The number of H-pyrrole nitrogens is 1. The molecule has 0 radical (unpaired) electrons. The van der Waals surface area contributed by atoms with Crippen molar-refractivity contribution in [1.82, 2.24) is 19.7 Å². The van der Waals surface area contributed by atoms with Gasteiger partial charge in [-0.2, -0.15) is 5.10 Å². The van der Waals surface area contributed by atoms with Crippen LogP contribution < -0.4 is 5.69 Å². The summed E-state index contributed by atoms with van der Waals surface area (Å²) in [4.78, 5) is 26.9. The number of carbonyl (C=O) groups excluding carboxylic acids is 1. The molecule has 2 fully saturated rings. The summed E-state index contributed by atoms with van der Waals surface area (Å²) in [6.45, 7) is 4.12. The molecule has 1 N–H and O–H groups in total. The average Bonchev–Trinajstić information content (AvgIpc) is 3.32. The van der Waals surface area contributed by atoms with Gasteiger partial charge in [0.2, 0.25) is 5.91 Å². The molecule has 2 aromatic carbocycles. The molecule has 7 nitrogen and oxygen atoms in total. The van der Waals surface area contributed by atoms with Gasteiger partial charge in [0.15, 0.2) is 5.82 Å². The lowest BCUT2D eigenvalue weighted by Gasteiger charge is -2.16. The van der Waals surface area contributed by atoms with E-state index in [1.807, 2.05) is 30.0 Å². The highest BCUT2D eigenvalue weighted by Crippen LogP contribution is 2.33. The number of rotatable bonds is 5. The summed E-state index contributed by atoms with van der Waals surface area (Å²) in [6, 6.07) is 14.3. The van der Waals surface area contributed by atoms with Crippen LogP contribution in [0.2, 0.25) is 0 Å². The molecule has 1 aliphatic carbocycles. The van der Waals surface area contributed by atoms with Gasteiger partial charge in [-0.25, -0.2) is 9.89 Å². The molecule has 7 heteroatoms. The monoisotopic (exact) mass is 442 g/mol. The first-order valence-corrected chi connectivity index (χ1v) is 11.6. The summed E-state index contributed by atoms with van der Waals surface area (Å²) in [5.74, 6) is 1.44. The molecule has 1 aliphatic heterocycles. The maximum atomic E-state index is 12.5. The molecule has 4 aromatic rings. The third-order valence-corrected chi connectivity index (χ3v) is 6.97. The number of likely N-dealkylation sites (tertiary alicyclic amines) is 1. The van der Waals surface area contributed by atoms with Crippen molar-refractivity contribution in [3.8, 4) is 22.5 Å². The van der Waals surface area contributed by atoms with Crippen molar-refractivity contribution < 1.29 is 9.21 Å². The number of hydrogen-bond donors (Lipinski definition) is 1. The first-order chi connectivity index (χ1) is 16.1. The Morgan fingerprint density at radius 2 is 1.85 bits per heavy atom. The number of fused-ring (bicyclic) bond motifs is 1. The van der Waals surface area contributed by atoms with Crippen LogP contribution in [0.5, 0.6) is 0 Å². The highest BCUT2D eigenvalue weighted by Gasteiger charge is 2.36. The molecule has 33 heavy (non-hydrogen) atoms. The van der Waals surface area contributed by atoms with E-state index in [2.05, 4.69) is 34.5 Å². The lowest BCUT2D eigenvalue weighted by Crippen LogP contribution is -2.31. The number of aryl methyl sites for hydroxylation is 1. The van der Waals surface area contributed by atoms with Crippen LogP contribution in [0.4, 0.5) is 0 Å². The van der Waals surface area contributed by atoms with Crippen molar-refractivity contribution in [1.29, 1.82) is 0 Å². The van der Waals surface area contributed by atoms with Crippen LogP contribution in [-0.2, 0) is 11.3 Å². The Kier molecular flexibility index (Phi) is 4.71. The van der Waals surface area contributed by atoms with E-state index < -0.39 is 0 Å². The average molecular weight is 443 g/mol. The zero-order valence-electron chi connectivity index (χ0n) is 18.6. The van der Waals surface area contributed by atoms with Gasteiger partial charge in [-0.05, 0) is 60.9 Å². The smallest absolute Gasteiger partial charge is 0.343 e. The Labute approximate surface area is 191 Å². The van der Waals surface area contributed by atoms with Crippen LogP contribution in [0.1, 0.15) is 24.8 Å². The lowest BCUT2D eigenvalue weighted by molar-refractivity contribution is -0.131. The number of hydrogen-bond acceptors (Lipinski definition) is 4. The van der Waals surface area contributed by atoms with Crippen LogP contribution in [-0.4, -0.2) is 38.7 Å². The van der Waals surface area contributed by atoms with E-state index in [0.717, 1.165) is 65.6 Å². The number of nitrogens with one attached hydrogen (secondary N) is 1. The van der Waals surface area contributed by atoms with Gasteiger partial charge in [-0.1, -0.05) is 30.3 Å². The van der Waals surface area contributed by atoms with Crippen molar-refractivity contribution in [2.45, 2.75) is 32.7 Å². The molecular formula is C26H26N4O3. The standard InChI is InChI=1S/C26H26N4O3/c1-16-15-33-23-9-8-21(12-22(16)23)18-2-4-19(5-3-18)24-27-28-26(32)30(24)14-17-10-11-29(13-17)25(31)20-6-7-20/h2-5,8-9,12,15,17,20H,6-7,10-11,13-14H2,1H3,(H,28,32)/t17-/m1/s1. The minimum atomic E-state index is -0.207. The van der Waals surface area contributed by atoms with Crippen LogP contribution in [0, 0.1) is 18.8 Å². The topological polar surface area (TPSA) is 84.1 Å².